The lowest BCUT2D eigenvalue weighted by atomic mass is 10.1. The van der Waals surface area contributed by atoms with Crippen molar-refractivity contribution in [2.24, 2.45) is 5.92 Å². The third kappa shape index (κ3) is 4.14. The maximum atomic E-state index is 13.1. The molecule has 2 aliphatic rings. The molecule has 3 heterocycles. The van der Waals surface area contributed by atoms with Crippen molar-refractivity contribution in [1.82, 2.24) is 0 Å². The van der Waals surface area contributed by atoms with E-state index in [1.807, 2.05) is 60.1 Å². The Morgan fingerprint density at radius 2 is 1.94 bits per heavy atom. The number of thioether (sulfide) groups is 1. The molecule has 1 unspecified atom stereocenters. The fourth-order valence-corrected chi connectivity index (χ4v) is 5.74. The highest BCUT2D eigenvalue weighted by Crippen LogP contribution is 2.33. The van der Waals surface area contributed by atoms with Gasteiger partial charge in [-0.15, -0.1) is 23.1 Å². The number of nitrogens with one attached hydrogen (secondary N) is 1. The highest BCUT2D eigenvalue weighted by Gasteiger charge is 2.35. The van der Waals surface area contributed by atoms with Crippen LogP contribution in [0.15, 0.2) is 64.9 Å². The van der Waals surface area contributed by atoms with Gasteiger partial charge in [-0.2, -0.15) is 0 Å². The Kier molecular flexibility index (Phi) is 5.93. The number of hydrogen-bond donors (Lipinski definition) is 1. The van der Waals surface area contributed by atoms with Crippen LogP contribution < -0.4 is 15.1 Å². The van der Waals surface area contributed by atoms with E-state index in [2.05, 4.69) is 27.7 Å². The van der Waals surface area contributed by atoms with Crippen molar-refractivity contribution in [1.29, 1.82) is 0 Å². The molecule has 2 aliphatic heterocycles. The summed E-state index contributed by atoms with van der Waals surface area (Å²) in [6.07, 6.45) is 3.29. The topological polar surface area (TPSA) is 52.7 Å². The van der Waals surface area contributed by atoms with E-state index in [1.165, 1.54) is 10.4 Å². The zero-order chi connectivity index (χ0) is 22.1. The van der Waals surface area contributed by atoms with E-state index in [-0.39, 0.29) is 24.2 Å². The molecule has 0 bridgehead atoms. The Labute approximate surface area is 196 Å². The van der Waals surface area contributed by atoms with Crippen LogP contribution in [-0.2, 0) is 22.6 Å². The van der Waals surface area contributed by atoms with Gasteiger partial charge in [-0.3, -0.25) is 9.59 Å². The van der Waals surface area contributed by atoms with Crippen molar-refractivity contribution in [3.8, 4) is 0 Å². The molecule has 0 aliphatic carbocycles. The number of nitrogens with zero attached hydrogens (tertiary/aromatic N) is 2. The Balaban J connectivity index is 1.29. The molecule has 3 aromatic rings. The molecule has 0 saturated carbocycles. The predicted octanol–water partition coefficient (Wildman–Crippen LogP) is 5.02. The summed E-state index contributed by atoms with van der Waals surface area (Å²) in [7, 11) is 0. The van der Waals surface area contributed by atoms with Crippen LogP contribution in [0.2, 0.25) is 0 Å². The SMILES string of the molecule is CSc1ccc(N2CC(C(=O)Nc3ccccc3N3CCc4sccc4C3)CC2=O)cc1. The van der Waals surface area contributed by atoms with Crippen molar-refractivity contribution in [3.63, 3.8) is 0 Å². The summed E-state index contributed by atoms with van der Waals surface area (Å²) in [5, 5.41) is 5.27. The maximum Gasteiger partial charge on any atom is 0.229 e. The normalized spacial score (nSPS) is 18.0. The van der Waals surface area contributed by atoms with Crippen LogP contribution in [0.3, 0.4) is 0 Å². The molecule has 1 saturated heterocycles. The van der Waals surface area contributed by atoms with E-state index in [4.69, 9.17) is 0 Å². The zero-order valence-corrected chi connectivity index (χ0v) is 19.5. The molecular formula is C25H25N3O2S2. The molecular weight excluding hydrogens is 438 g/mol. The van der Waals surface area contributed by atoms with Gasteiger partial charge < -0.3 is 15.1 Å². The average molecular weight is 464 g/mol. The zero-order valence-electron chi connectivity index (χ0n) is 17.9. The molecule has 0 spiro atoms. The van der Waals surface area contributed by atoms with Gasteiger partial charge in [0.2, 0.25) is 11.8 Å². The molecule has 0 radical (unpaired) electrons. The smallest absolute Gasteiger partial charge is 0.229 e. The number of fused-ring (bicyclic) bond motifs is 1. The van der Waals surface area contributed by atoms with Gasteiger partial charge in [0, 0.05) is 41.5 Å². The average Bonchev–Trinajstić information content (AvgIpc) is 3.45. The van der Waals surface area contributed by atoms with E-state index >= 15 is 0 Å². The molecule has 5 nitrogen and oxygen atoms in total. The standard InChI is InChI=1S/C25H25N3O2S2/c1-31-20-8-6-19(7-9-20)28-16-18(14-24(28)29)25(30)26-21-4-2-3-5-22(21)27-12-10-23-17(15-27)11-13-32-23/h2-9,11,13,18H,10,12,14-16H2,1H3,(H,26,30). The van der Waals surface area contributed by atoms with Crippen molar-refractivity contribution in [2.75, 3.05) is 34.5 Å². The van der Waals surface area contributed by atoms with E-state index in [1.54, 1.807) is 16.7 Å². The largest absolute Gasteiger partial charge is 0.365 e. The van der Waals surface area contributed by atoms with Gasteiger partial charge in [0.15, 0.2) is 0 Å². The predicted molar refractivity (Wildman–Crippen MR) is 133 cm³/mol. The second-order valence-electron chi connectivity index (χ2n) is 8.15. The highest BCUT2D eigenvalue weighted by atomic mass is 32.2. The first-order valence-corrected chi connectivity index (χ1v) is 12.9. The number of carbonyl (C=O) groups excluding carboxylic acids is 2. The Morgan fingerprint density at radius 3 is 2.75 bits per heavy atom. The molecule has 2 aromatic carbocycles. The molecule has 5 rings (SSSR count). The summed E-state index contributed by atoms with van der Waals surface area (Å²) < 4.78 is 0. The summed E-state index contributed by atoms with van der Waals surface area (Å²) in [6, 6.07) is 18.1. The van der Waals surface area contributed by atoms with Gasteiger partial charge in [-0.05, 0) is 66.1 Å². The lowest BCUT2D eigenvalue weighted by Crippen LogP contribution is -2.31. The van der Waals surface area contributed by atoms with Gasteiger partial charge in [-0.25, -0.2) is 0 Å². The second-order valence-corrected chi connectivity index (χ2v) is 10.0. The third-order valence-electron chi connectivity index (χ3n) is 6.19. The van der Waals surface area contributed by atoms with Crippen LogP contribution in [0.1, 0.15) is 16.9 Å². The van der Waals surface area contributed by atoms with Crippen molar-refractivity contribution >= 4 is 52.0 Å². The number of anilines is 3. The molecule has 1 N–H and O–H groups in total. The van der Waals surface area contributed by atoms with Crippen LogP contribution in [0, 0.1) is 5.92 Å². The maximum absolute atomic E-state index is 13.1. The van der Waals surface area contributed by atoms with E-state index in [0.717, 1.165) is 41.5 Å². The van der Waals surface area contributed by atoms with Crippen LogP contribution in [0.5, 0.6) is 0 Å². The van der Waals surface area contributed by atoms with Gasteiger partial charge in [0.25, 0.3) is 0 Å². The Bertz CT molecular complexity index is 1140. The summed E-state index contributed by atoms with van der Waals surface area (Å²) in [5.41, 5.74) is 4.06. The van der Waals surface area contributed by atoms with Crippen molar-refractivity contribution < 1.29 is 9.59 Å². The molecule has 32 heavy (non-hydrogen) atoms. The molecule has 164 valence electrons. The fraction of sp³-hybridized carbons (Fsp3) is 0.280. The number of para-hydroxylation sites is 2. The first kappa shape index (κ1) is 21.1. The number of carbonyl (C=O) groups is 2. The number of hydrogen-bond acceptors (Lipinski definition) is 5. The Hall–Kier alpha value is -2.77. The molecule has 1 atom stereocenters. The van der Waals surface area contributed by atoms with Gasteiger partial charge in [0.05, 0.1) is 17.3 Å². The number of rotatable bonds is 5. The quantitative estimate of drug-likeness (QED) is 0.540. The summed E-state index contributed by atoms with van der Waals surface area (Å²) in [6.45, 7) is 2.20. The van der Waals surface area contributed by atoms with Crippen LogP contribution >= 0.6 is 23.1 Å². The van der Waals surface area contributed by atoms with Crippen LogP contribution in [0.25, 0.3) is 0 Å². The minimum absolute atomic E-state index is 0.00338. The third-order valence-corrected chi connectivity index (χ3v) is 7.96. The van der Waals surface area contributed by atoms with Gasteiger partial charge >= 0.3 is 0 Å². The Morgan fingerprint density at radius 1 is 1.12 bits per heavy atom. The number of benzene rings is 2. The first-order chi connectivity index (χ1) is 15.6. The summed E-state index contributed by atoms with van der Waals surface area (Å²) in [4.78, 5) is 32.4. The van der Waals surface area contributed by atoms with E-state index in [9.17, 15) is 9.59 Å². The van der Waals surface area contributed by atoms with E-state index in [0.29, 0.717) is 6.54 Å². The van der Waals surface area contributed by atoms with E-state index < -0.39 is 0 Å². The second kappa shape index (κ2) is 9.00. The highest BCUT2D eigenvalue weighted by molar-refractivity contribution is 7.98. The van der Waals surface area contributed by atoms with Crippen molar-refractivity contribution in [3.05, 3.63) is 70.4 Å². The van der Waals surface area contributed by atoms with Gasteiger partial charge in [-0.1, -0.05) is 12.1 Å². The lowest BCUT2D eigenvalue weighted by molar-refractivity contribution is -0.122. The first-order valence-electron chi connectivity index (χ1n) is 10.8. The minimum Gasteiger partial charge on any atom is -0.365 e. The molecule has 1 aromatic heterocycles. The summed E-state index contributed by atoms with van der Waals surface area (Å²) >= 11 is 3.49. The number of amides is 2. The van der Waals surface area contributed by atoms with Gasteiger partial charge in [0.1, 0.15) is 0 Å². The lowest BCUT2D eigenvalue weighted by Gasteiger charge is -2.31. The van der Waals surface area contributed by atoms with Crippen LogP contribution in [0.4, 0.5) is 17.1 Å². The monoisotopic (exact) mass is 463 g/mol. The fourth-order valence-electron chi connectivity index (χ4n) is 4.44. The minimum atomic E-state index is -0.361. The van der Waals surface area contributed by atoms with Crippen LogP contribution in [-0.4, -0.2) is 31.2 Å². The molecule has 1 fully saturated rings. The molecule has 2 amide bonds. The molecule has 7 heteroatoms. The number of thiophene rings is 1. The van der Waals surface area contributed by atoms with Crippen molar-refractivity contribution in [2.45, 2.75) is 24.3 Å². The summed E-state index contributed by atoms with van der Waals surface area (Å²) in [5.74, 6) is -0.459.